The Labute approximate surface area is 102 Å². The van der Waals surface area contributed by atoms with Crippen LogP contribution in [-0.2, 0) is 6.54 Å². The molecule has 0 aliphatic heterocycles. The maximum atomic E-state index is 5.83. The van der Waals surface area contributed by atoms with Gasteiger partial charge in [-0.25, -0.2) is 0 Å². The van der Waals surface area contributed by atoms with Crippen molar-refractivity contribution in [3.8, 4) is 0 Å². The van der Waals surface area contributed by atoms with Crippen molar-refractivity contribution in [1.82, 2.24) is 10.2 Å². The Bertz CT molecular complexity index is 395. The normalized spacial score (nSPS) is 43.2. The molecule has 92 valence electrons. The first kappa shape index (κ1) is 10.1. The van der Waals surface area contributed by atoms with Gasteiger partial charge in [-0.15, -0.1) is 0 Å². The van der Waals surface area contributed by atoms with Crippen LogP contribution in [0.2, 0.25) is 0 Å². The molecule has 17 heavy (non-hydrogen) atoms. The second kappa shape index (κ2) is 3.58. The molecule has 0 amide bonds. The van der Waals surface area contributed by atoms with Crippen LogP contribution in [0.5, 0.6) is 0 Å². The zero-order valence-corrected chi connectivity index (χ0v) is 10.2. The first-order chi connectivity index (χ1) is 8.35. The molecule has 0 unspecified atom stereocenters. The maximum Gasteiger partial charge on any atom is 0.0535 e. The Balaban J connectivity index is 1.70. The van der Waals surface area contributed by atoms with Crippen LogP contribution >= 0.6 is 0 Å². The topological polar surface area (TPSA) is 54.7 Å². The highest BCUT2D eigenvalue weighted by Gasteiger charge is 2.49. The SMILES string of the molecule is NCc1cn[nH]c1C1C2CC3CC(C2)CC1C3. The molecule has 0 atom stereocenters. The molecule has 4 bridgehead atoms. The molecule has 0 saturated heterocycles. The largest absolute Gasteiger partial charge is 0.326 e. The highest BCUT2D eigenvalue weighted by molar-refractivity contribution is 5.24. The van der Waals surface area contributed by atoms with Gasteiger partial charge in [0.05, 0.1) is 6.20 Å². The van der Waals surface area contributed by atoms with Gasteiger partial charge in [0.25, 0.3) is 0 Å². The van der Waals surface area contributed by atoms with Crippen molar-refractivity contribution in [2.45, 2.75) is 44.6 Å². The predicted molar refractivity (Wildman–Crippen MR) is 66.3 cm³/mol. The van der Waals surface area contributed by atoms with Gasteiger partial charge < -0.3 is 5.73 Å². The van der Waals surface area contributed by atoms with Gasteiger partial charge in [0.2, 0.25) is 0 Å². The summed E-state index contributed by atoms with van der Waals surface area (Å²) in [7, 11) is 0. The smallest absolute Gasteiger partial charge is 0.0535 e. The molecular formula is C14H21N3. The van der Waals surface area contributed by atoms with Crippen molar-refractivity contribution in [1.29, 1.82) is 0 Å². The molecule has 0 aromatic carbocycles. The molecule has 1 aromatic heterocycles. The van der Waals surface area contributed by atoms with Gasteiger partial charge in [-0.1, -0.05) is 0 Å². The predicted octanol–water partition coefficient (Wildman–Crippen LogP) is 2.41. The summed E-state index contributed by atoms with van der Waals surface area (Å²) >= 11 is 0. The van der Waals surface area contributed by atoms with Crippen LogP contribution in [-0.4, -0.2) is 10.2 Å². The summed E-state index contributed by atoms with van der Waals surface area (Å²) in [6.07, 6.45) is 9.29. The molecular weight excluding hydrogens is 210 g/mol. The molecule has 3 heteroatoms. The van der Waals surface area contributed by atoms with Crippen molar-refractivity contribution in [3.63, 3.8) is 0 Å². The summed E-state index contributed by atoms with van der Waals surface area (Å²) in [4.78, 5) is 0. The third-order valence-electron chi connectivity index (χ3n) is 5.53. The summed E-state index contributed by atoms with van der Waals surface area (Å²) in [5, 5.41) is 7.48. The van der Waals surface area contributed by atoms with E-state index >= 15 is 0 Å². The van der Waals surface area contributed by atoms with E-state index in [1.54, 1.807) is 0 Å². The highest BCUT2D eigenvalue weighted by atomic mass is 15.1. The standard InChI is InChI=1S/C14H21N3/c15-6-12-7-16-17-14(12)13-10-2-8-1-9(4-10)5-11(13)3-8/h7-11,13H,1-6,15H2,(H,16,17). The Hall–Kier alpha value is -0.830. The van der Waals surface area contributed by atoms with Crippen molar-refractivity contribution in [2.75, 3.05) is 0 Å². The third kappa shape index (κ3) is 1.41. The first-order valence-corrected chi connectivity index (χ1v) is 7.07. The van der Waals surface area contributed by atoms with E-state index in [0.29, 0.717) is 6.54 Å². The second-order valence-electron chi connectivity index (χ2n) is 6.47. The lowest BCUT2D eigenvalue weighted by molar-refractivity contribution is -0.00443. The number of H-pyrrole nitrogens is 1. The zero-order chi connectivity index (χ0) is 11.4. The molecule has 3 nitrogen and oxygen atoms in total. The molecule has 1 heterocycles. The monoisotopic (exact) mass is 231 g/mol. The fraction of sp³-hybridized carbons (Fsp3) is 0.786. The summed E-state index contributed by atoms with van der Waals surface area (Å²) in [5.41, 5.74) is 8.46. The van der Waals surface area contributed by atoms with Crippen LogP contribution < -0.4 is 5.73 Å². The summed E-state index contributed by atoms with van der Waals surface area (Å²) in [6.45, 7) is 0.634. The Morgan fingerprint density at radius 2 is 1.76 bits per heavy atom. The number of nitrogens with one attached hydrogen (secondary N) is 1. The van der Waals surface area contributed by atoms with E-state index in [1.807, 2.05) is 6.20 Å². The van der Waals surface area contributed by atoms with E-state index in [0.717, 1.165) is 29.6 Å². The van der Waals surface area contributed by atoms with Crippen LogP contribution in [0.4, 0.5) is 0 Å². The van der Waals surface area contributed by atoms with Crippen LogP contribution in [0.25, 0.3) is 0 Å². The van der Waals surface area contributed by atoms with Crippen molar-refractivity contribution < 1.29 is 0 Å². The van der Waals surface area contributed by atoms with Crippen molar-refractivity contribution >= 4 is 0 Å². The van der Waals surface area contributed by atoms with Gasteiger partial charge in [0.15, 0.2) is 0 Å². The minimum atomic E-state index is 0.634. The average Bonchev–Trinajstić information content (AvgIpc) is 2.75. The molecule has 4 fully saturated rings. The molecule has 4 saturated carbocycles. The number of hydrogen-bond donors (Lipinski definition) is 2. The van der Waals surface area contributed by atoms with Crippen LogP contribution in [0.15, 0.2) is 6.20 Å². The average molecular weight is 231 g/mol. The lowest BCUT2D eigenvalue weighted by atomic mass is 9.51. The van der Waals surface area contributed by atoms with Crippen molar-refractivity contribution in [3.05, 3.63) is 17.5 Å². The number of nitrogens with two attached hydrogens (primary N) is 1. The minimum Gasteiger partial charge on any atom is -0.326 e. The Morgan fingerprint density at radius 3 is 2.35 bits per heavy atom. The third-order valence-corrected chi connectivity index (χ3v) is 5.53. The van der Waals surface area contributed by atoms with Crippen LogP contribution in [0.3, 0.4) is 0 Å². The van der Waals surface area contributed by atoms with E-state index in [1.165, 1.54) is 43.4 Å². The number of aromatic nitrogens is 2. The van der Waals surface area contributed by atoms with E-state index in [9.17, 15) is 0 Å². The van der Waals surface area contributed by atoms with Gasteiger partial charge in [0, 0.05) is 23.7 Å². The number of aromatic amines is 1. The van der Waals surface area contributed by atoms with Gasteiger partial charge in [-0.3, -0.25) is 5.10 Å². The molecule has 0 radical (unpaired) electrons. The molecule has 4 aliphatic carbocycles. The van der Waals surface area contributed by atoms with E-state index in [2.05, 4.69) is 10.2 Å². The van der Waals surface area contributed by atoms with Crippen molar-refractivity contribution in [2.24, 2.45) is 29.4 Å². The Kier molecular flexibility index (Phi) is 2.13. The lowest BCUT2D eigenvalue weighted by Crippen LogP contribution is -2.44. The summed E-state index contributed by atoms with van der Waals surface area (Å²) < 4.78 is 0. The summed E-state index contributed by atoms with van der Waals surface area (Å²) in [6, 6.07) is 0. The van der Waals surface area contributed by atoms with E-state index in [4.69, 9.17) is 5.73 Å². The highest BCUT2D eigenvalue weighted by Crippen LogP contribution is 2.59. The van der Waals surface area contributed by atoms with Crippen LogP contribution in [0, 0.1) is 23.7 Å². The fourth-order valence-corrected chi connectivity index (χ4v) is 5.17. The fourth-order valence-electron chi connectivity index (χ4n) is 5.17. The van der Waals surface area contributed by atoms with Crippen LogP contribution in [0.1, 0.15) is 49.3 Å². The second-order valence-corrected chi connectivity index (χ2v) is 6.47. The lowest BCUT2D eigenvalue weighted by Gasteiger charge is -2.54. The van der Waals surface area contributed by atoms with E-state index in [-0.39, 0.29) is 0 Å². The van der Waals surface area contributed by atoms with E-state index < -0.39 is 0 Å². The summed E-state index contributed by atoms with van der Waals surface area (Å²) in [5.74, 6) is 4.65. The Morgan fingerprint density at radius 1 is 1.12 bits per heavy atom. The van der Waals surface area contributed by atoms with Gasteiger partial charge in [0.1, 0.15) is 0 Å². The number of rotatable bonds is 2. The maximum absolute atomic E-state index is 5.83. The molecule has 5 rings (SSSR count). The molecule has 4 aliphatic rings. The quantitative estimate of drug-likeness (QED) is 0.821. The zero-order valence-electron chi connectivity index (χ0n) is 10.2. The first-order valence-electron chi connectivity index (χ1n) is 7.07. The number of hydrogen-bond acceptors (Lipinski definition) is 2. The van der Waals surface area contributed by atoms with Gasteiger partial charge in [-0.2, -0.15) is 5.10 Å². The molecule has 3 N–H and O–H groups in total. The van der Waals surface area contributed by atoms with Gasteiger partial charge >= 0.3 is 0 Å². The number of nitrogens with zero attached hydrogens (tertiary/aromatic N) is 1. The minimum absolute atomic E-state index is 0.634. The molecule has 1 aromatic rings. The molecule has 0 spiro atoms. The van der Waals surface area contributed by atoms with Gasteiger partial charge in [-0.05, 0) is 55.8 Å².